The van der Waals surface area contributed by atoms with E-state index >= 15 is 0 Å². The lowest BCUT2D eigenvalue weighted by molar-refractivity contribution is 0.306. The van der Waals surface area contributed by atoms with Crippen LogP contribution in [0.25, 0.3) is 0 Å². The van der Waals surface area contributed by atoms with Crippen molar-refractivity contribution in [2.75, 3.05) is 0 Å². The minimum atomic E-state index is 0. The molecule has 0 aliphatic rings. The fraction of sp³-hybridized carbons (Fsp3) is 0.143. The second kappa shape index (κ2) is 7.46. The van der Waals surface area contributed by atoms with Crippen LogP contribution in [0, 0.1) is 6.07 Å². The first kappa shape index (κ1) is 14.4. The van der Waals surface area contributed by atoms with Crippen LogP contribution in [0.5, 0.6) is 5.75 Å². The monoisotopic (exact) mass is 288 g/mol. The molecule has 1 radical (unpaired) electrons. The van der Waals surface area contributed by atoms with Crippen LogP contribution in [-0.2, 0) is 19.4 Å². The summed E-state index contributed by atoms with van der Waals surface area (Å²) in [6, 6.07) is 29.9. The fourth-order valence-corrected chi connectivity index (χ4v) is 2.37. The Balaban J connectivity index is 0.00000192. The Hall–Kier alpha value is -2.54. The van der Waals surface area contributed by atoms with Crippen LogP contribution in [-0.4, -0.2) is 0 Å². The van der Waals surface area contributed by atoms with Crippen LogP contribution in [0.3, 0.4) is 0 Å². The van der Waals surface area contributed by atoms with Gasteiger partial charge in [0.15, 0.2) is 0 Å². The van der Waals surface area contributed by atoms with Gasteiger partial charge in [-0.25, -0.2) is 0 Å². The number of ether oxygens (including phenoxy) is 1. The minimum absolute atomic E-state index is 0. The molecule has 3 aromatic rings. The van der Waals surface area contributed by atoms with E-state index in [9.17, 15) is 0 Å². The first-order valence-corrected chi connectivity index (χ1v) is 7.61. The average molecular weight is 288 g/mol. The van der Waals surface area contributed by atoms with E-state index in [1.54, 1.807) is 0 Å². The van der Waals surface area contributed by atoms with E-state index in [2.05, 4.69) is 54.6 Å². The molecule has 3 rings (SSSR count). The Morgan fingerprint density at radius 3 is 2.00 bits per heavy atom. The van der Waals surface area contributed by atoms with E-state index in [4.69, 9.17) is 4.74 Å². The summed E-state index contributed by atoms with van der Waals surface area (Å²) in [6.07, 6.45) is 2.10. The van der Waals surface area contributed by atoms with E-state index in [1.165, 1.54) is 16.7 Å². The lowest BCUT2D eigenvalue weighted by Crippen LogP contribution is -1.95. The predicted octanol–water partition coefficient (Wildman–Crippen LogP) is 4.96. The molecule has 0 spiro atoms. The molecule has 0 aromatic heterocycles. The van der Waals surface area contributed by atoms with Crippen LogP contribution in [0.15, 0.2) is 78.9 Å². The highest BCUT2D eigenvalue weighted by Crippen LogP contribution is 2.15. The van der Waals surface area contributed by atoms with E-state index in [1.807, 2.05) is 30.3 Å². The van der Waals surface area contributed by atoms with Gasteiger partial charge in [-0.3, -0.25) is 0 Å². The normalized spacial score (nSPS) is 10.4. The van der Waals surface area contributed by atoms with Crippen molar-refractivity contribution in [3.8, 4) is 5.75 Å². The number of hydrogen-bond acceptors (Lipinski definition) is 1. The van der Waals surface area contributed by atoms with Gasteiger partial charge in [0, 0.05) is 0 Å². The molecular formula is C21H20O+. The Morgan fingerprint density at radius 1 is 0.682 bits per heavy atom. The average Bonchev–Trinajstić information content (AvgIpc) is 2.61. The predicted molar refractivity (Wildman–Crippen MR) is 91.0 cm³/mol. The van der Waals surface area contributed by atoms with Crippen molar-refractivity contribution in [1.82, 2.24) is 0 Å². The van der Waals surface area contributed by atoms with Gasteiger partial charge in [-0.15, -0.1) is 0 Å². The molecule has 0 aliphatic heterocycles. The molecule has 3 aromatic carbocycles. The Bertz CT molecular complexity index is 616. The van der Waals surface area contributed by atoms with Crippen molar-refractivity contribution in [3.05, 3.63) is 102 Å². The van der Waals surface area contributed by atoms with Gasteiger partial charge in [0.1, 0.15) is 12.4 Å². The highest BCUT2D eigenvalue weighted by atomic mass is 16.5. The second-order valence-corrected chi connectivity index (χ2v) is 5.33. The topological polar surface area (TPSA) is 9.23 Å². The molecule has 0 saturated heterocycles. The quantitative estimate of drug-likeness (QED) is 0.622. The fourth-order valence-electron chi connectivity index (χ4n) is 2.37. The van der Waals surface area contributed by atoms with Crippen LogP contribution < -0.4 is 4.74 Å². The standard InChI is InChI=1S/C21H19O/c1-3-7-18(8-4-1)11-12-19-13-15-21(16-14-19)22-17-20-9-5-2-6-10-20/h2-10,13-16H,11-12,17H2/p+1. The molecule has 0 bridgehead atoms. The number of hydrogen-bond donors (Lipinski definition) is 0. The Morgan fingerprint density at radius 2 is 1.32 bits per heavy atom. The first-order chi connectivity index (χ1) is 10.9. The molecular weight excluding hydrogens is 268 g/mol. The molecule has 0 fully saturated rings. The minimum Gasteiger partial charge on any atom is -0.489 e. The van der Waals surface area contributed by atoms with Crippen LogP contribution >= 0.6 is 0 Å². The smallest absolute Gasteiger partial charge is 0.489 e. The zero-order chi connectivity index (χ0) is 15.0. The molecule has 109 valence electrons. The SMILES string of the molecule is [H+].[c]1ccc(CCc2ccc(OCc3ccccc3)cc2)cc1. The number of benzene rings is 3. The summed E-state index contributed by atoms with van der Waals surface area (Å²) in [6.45, 7) is 0.612. The summed E-state index contributed by atoms with van der Waals surface area (Å²) in [4.78, 5) is 0. The van der Waals surface area contributed by atoms with Gasteiger partial charge < -0.3 is 4.74 Å². The lowest BCUT2D eigenvalue weighted by Gasteiger charge is -2.07. The summed E-state index contributed by atoms with van der Waals surface area (Å²) in [5, 5.41) is 0. The van der Waals surface area contributed by atoms with Crippen molar-refractivity contribution in [3.63, 3.8) is 0 Å². The van der Waals surface area contributed by atoms with Gasteiger partial charge in [-0.2, -0.15) is 0 Å². The zero-order valence-corrected chi connectivity index (χ0v) is 12.5. The number of rotatable bonds is 6. The van der Waals surface area contributed by atoms with Gasteiger partial charge in [0.2, 0.25) is 0 Å². The van der Waals surface area contributed by atoms with Crippen molar-refractivity contribution in [2.24, 2.45) is 0 Å². The second-order valence-electron chi connectivity index (χ2n) is 5.33. The summed E-state index contributed by atoms with van der Waals surface area (Å²) in [5.74, 6) is 0.918. The third-order valence-corrected chi connectivity index (χ3v) is 3.66. The van der Waals surface area contributed by atoms with E-state index in [0.717, 1.165) is 18.6 Å². The molecule has 0 heterocycles. The van der Waals surface area contributed by atoms with Crippen molar-refractivity contribution < 1.29 is 6.16 Å². The summed E-state index contributed by atoms with van der Waals surface area (Å²) < 4.78 is 5.81. The summed E-state index contributed by atoms with van der Waals surface area (Å²) >= 11 is 0. The lowest BCUT2D eigenvalue weighted by atomic mass is 10.0. The summed E-state index contributed by atoms with van der Waals surface area (Å²) in [5.41, 5.74) is 3.87. The van der Waals surface area contributed by atoms with Gasteiger partial charge in [0.25, 0.3) is 0 Å². The molecule has 0 saturated carbocycles. The highest BCUT2D eigenvalue weighted by Gasteiger charge is 1.98. The van der Waals surface area contributed by atoms with Crippen LogP contribution in [0.4, 0.5) is 0 Å². The van der Waals surface area contributed by atoms with Gasteiger partial charge in [0.05, 0.1) is 0 Å². The molecule has 0 aliphatic carbocycles. The van der Waals surface area contributed by atoms with Gasteiger partial charge >= 0.3 is 1.43 Å². The molecule has 22 heavy (non-hydrogen) atoms. The third-order valence-electron chi connectivity index (χ3n) is 3.66. The van der Waals surface area contributed by atoms with E-state index in [-0.39, 0.29) is 1.43 Å². The Kier molecular flexibility index (Phi) is 4.88. The maximum absolute atomic E-state index is 5.81. The van der Waals surface area contributed by atoms with Crippen LogP contribution in [0.2, 0.25) is 0 Å². The summed E-state index contributed by atoms with van der Waals surface area (Å²) in [7, 11) is 0. The van der Waals surface area contributed by atoms with Gasteiger partial charge in [-0.05, 0) is 47.7 Å². The molecule has 0 amide bonds. The van der Waals surface area contributed by atoms with Gasteiger partial charge in [-0.1, -0.05) is 66.7 Å². The van der Waals surface area contributed by atoms with E-state index in [0.29, 0.717) is 6.61 Å². The van der Waals surface area contributed by atoms with Crippen molar-refractivity contribution in [2.45, 2.75) is 19.4 Å². The highest BCUT2D eigenvalue weighted by molar-refractivity contribution is 5.28. The molecule has 1 heteroatoms. The van der Waals surface area contributed by atoms with Crippen molar-refractivity contribution >= 4 is 0 Å². The first-order valence-electron chi connectivity index (χ1n) is 7.61. The molecule has 1 nitrogen and oxygen atoms in total. The van der Waals surface area contributed by atoms with E-state index < -0.39 is 0 Å². The molecule has 0 unspecified atom stereocenters. The Labute approximate surface area is 133 Å². The van der Waals surface area contributed by atoms with Crippen LogP contribution in [0.1, 0.15) is 18.1 Å². The molecule has 0 N–H and O–H groups in total. The maximum Gasteiger partial charge on any atom is 1.00 e. The maximum atomic E-state index is 5.81. The zero-order valence-electron chi connectivity index (χ0n) is 13.5. The largest absolute Gasteiger partial charge is 1.00 e. The van der Waals surface area contributed by atoms with Crippen molar-refractivity contribution in [1.29, 1.82) is 0 Å². The molecule has 0 atom stereocenters. The number of aryl methyl sites for hydroxylation is 2. The third kappa shape index (κ3) is 4.23.